The van der Waals surface area contributed by atoms with Crippen LogP contribution in [0.5, 0.6) is 0 Å². The number of hydrogen-bond acceptors (Lipinski definition) is 7. The number of aliphatic hydroxyl groups is 2. The van der Waals surface area contributed by atoms with Gasteiger partial charge in [-0.25, -0.2) is 0 Å². The number of hydrogen-bond donors (Lipinski definition) is 3. The minimum Gasteiger partial charge on any atom is -0.390 e. The van der Waals surface area contributed by atoms with E-state index in [1.165, 1.54) is 0 Å². The second kappa shape index (κ2) is 16.5. The molecule has 0 bridgehead atoms. The van der Waals surface area contributed by atoms with Gasteiger partial charge in [-0.15, -0.1) is 0 Å². The predicted molar refractivity (Wildman–Crippen MR) is 166 cm³/mol. The van der Waals surface area contributed by atoms with Crippen LogP contribution in [0.2, 0.25) is 0 Å². The molecule has 3 N–H and O–H groups in total. The SMILES string of the molecule is CCC(C)C(C(CC(=O)N1CCCC1C(OC)C(C)C(=O)NC(C)C(O)c1ccccc1)OC)N(C)C(=O)CC(C)(C)O. The number of carbonyl (C=O) groups is 3. The summed E-state index contributed by atoms with van der Waals surface area (Å²) >= 11 is 0. The Labute approximate surface area is 258 Å². The number of methoxy groups -OCH3 is 2. The summed E-state index contributed by atoms with van der Waals surface area (Å²) in [7, 11) is 4.81. The molecule has 0 aliphatic carbocycles. The standard InChI is InChI=1S/C33H55N3O7/c1-10-21(2)29(35(7)28(38)20-33(5,6)41)26(42-8)19-27(37)36-18-14-17-25(36)31(43-9)22(3)32(40)34-23(4)30(39)24-15-12-11-13-16-24/h11-13,15-16,21-23,25-26,29-31,39,41H,10,14,17-20H2,1-9H3,(H,34,40). The number of amides is 3. The lowest BCUT2D eigenvalue weighted by atomic mass is 9.89. The number of likely N-dealkylation sites (N-methyl/N-ethyl adjacent to an activating group) is 1. The zero-order valence-corrected chi connectivity index (χ0v) is 27.6. The number of benzene rings is 1. The van der Waals surface area contributed by atoms with Crippen molar-refractivity contribution in [3.63, 3.8) is 0 Å². The highest BCUT2D eigenvalue weighted by Gasteiger charge is 2.42. The van der Waals surface area contributed by atoms with Gasteiger partial charge in [-0.05, 0) is 45.1 Å². The zero-order chi connectivity index (χ0) is 32.5. The molecular weight excluding hydrogens is 550 g/mol. The van der Waals surface area contributed by atoms with E-state index in [-0.39, 0.29) is 48.6 Å². The van der Waals surface area contributed by atoms with Gasteiger partial charge in [0.15, 0.2) is 0 Å². The number of aliphatic hydroxyl groups excluding tert-OH is 1. The molecule has 0 aromatic heterocycles. The Morgan fingerprint density at radius 3 is 2.28 bits per heavy atom. The van der Waals surface area contributed by atoms with E-state index in [0.717, 1.165) is 18.4 Å². The summed E-state index contributed by atoms with van der Waals surface area (Å²) < 4.78 is 11.7. The molecule has 8 atom stereocenters. The molecule has 0 saturated carbocycles. The van der Waals surface area contributed by atoms with Crippen molar-refractivity contribution < 1.29 is 34.1 Å². The lowest BCUT2D eigenvalue weighted by molar-refractivity contribution is -0.147. The van der Waals surface area contributed by atoms with Crippen LogP contribution in [0.3, 0.4) is 0 Å². The number of carbonyl (C=O) groups excluding carboxylic acids is 3. The normalized spacial score (nSPS) is 20.4. The molecule has 1 aliphatic rings. The molecule has 8 unspecified atom stereocenters. The second-order valence-electron chi connectivity index (χ2n) is 12.8. The van der Waals surface area contributed by atoms with Gasteiger partial charge in [0.1, 0.15) is 0 Å². The molecule has 3 amide bonds. The first-order valence-electron chi connectivity index (χ1n) is 15.5. The molecule has 244 valence electrons. The number of rotatable bonds is 16. The topological polar surface area (TPSA) is 129 Å². The van der Waals surface area contributed by atoms with Gasteiger partial charge >= 0.3 is 0 Å². The van der Waals surface area contributed by atoms with E-state index in [0.29, 0.717) is 13.0 Å². The first-order valence-corrected chi connectivity index (χ1v) is 15.5. The van der Waals surface area contributed by atoms with Crippen molar-refractivity contribution in [2.45, 2.75) is 116 Å². The molecule has 1 aromatic carbocycles. The maximum Gasteiger partial charge on any atom is 0.225 e. The molecule has 1 fully saturated rings. The Morgan fingerprint density at radius 2 is 1.74 bits per heavy atom. The van der Waals surface area contributed by atoms with E-state index >= 15 is 0 Å². The van der Waals surface area contributed by atoms with Crippen LogP contribution in [0, 0.1) is 11.8 Å². The first kappa shape index (κ1) is 36.7. The Bertz CT molecular complexity index is 1030. The summed E-state index contributed by atoms with van der Waals surface area (Å²) in [5, 5.41) is 23.9. The fraction of sp³-hybridized carbons (Fsp3) is 0.727. The average molecular weight is 606 g/mol. The van der Waals surface area contributed by atoms with Gasteiger partial charge in [-0.2, -0.15) is 0 Å². The smallest absolute Gasteiger partial charge is 0.225 e. The summed E-state index contributed by atoms with van der Waals surface area (Å²) in [4.78, 5) is 43.6. The van der Waals surface area contributed by atoms with Crippen LogP contribution in [0.15, 0.2) is 30.3 Å². The van der Waals surface area contributed by atoms with Crippen molar-refractivity contribution >= 4 is 17.7 Å². The van der Waals surface area contributed by atoms with Crippen LogP contribution in [0.1, 0.15) is 85.3 Å². The number of likely N-dealkylation sites (tertiary alicyclic amines) is 1. The summed E-state index contributed by atoms with van der Waals surface area (Å²) in [5.41, 5.74) is -0.433. The summed E-state index contributed by atoms with van der Waals surface area (Å²) in [5.74, 6) is -1.12. The average Bonchev–Trinajstić information content (AvgIpc) is 3.45. The van der Waals surface area contributed by atoms with Gasteiger partial charge in [-0.3, -0.25) is 14.4 Å². The molecule has 1 heterocycles. The molecular formula is C33H55N3O7. The maximum atomic E-state index is 13.8. The maximum absolute atomic E-state index is 13.8. The Hall–Kier alpha value is -2.53. The molecule has 10 nitrogen and oxygen atoms in total. The van der Waals surface area contributed by atoms with Crippen molar-refractivity contribution in [2.24, 2.45) is 11.8 Å². The van der Waals surface area contributed by atoms with Crippen LogP contribution < -0.4 is 5.32 Å². The quantitative estimate of drug-likeness (QED) is 0.264. The van der Waals surface area contributed by atoms with Gasteiger partial charge in [0, 0.05) is 27.8 Å². The summed E-state index contributed by atoms with van der Waals surface area (Å²) in [6.45, 7) is 11.3. The first-order chi connectivity index (χ1) is 20.2. The van der Waals surface area contributed by atoms with Gasteiger partial charge in [-0.1, -0.05) is 57.5 Å². The molecule has 1 aromatic rings. The Kier molecular flexibility index (Phi) is 14.1. The molecule has 0 spiro atoms. The van der Waals surface area contributed by atoms with Crippen LogP contribution in [-0.4, -0.2) is 101 Å². The third-order valence-electron chi connectivity index (χ3n) is 8.87. The Balaban J connectivity index is 2.16. The molecule has 1 aliphatic heterocycles. The highest BCUT2D eigenvalue weighted by molar-refractivity contribution is 5.81. The monoisotopic (exact) mass is 605 g/mol. The van der Waals surface area contributed by atoms with E-state index in [1.807, 2.05) is 44.2 Å². The largest absolute Gasteiger partial charge is 0.390 e. The van der Waals surface area contributed by atoms with Gasteiger partial charge in [0.2, 0.25) is 17.7 Å². The van der Waals surface area contributed by atoms with Crippen molar-refractivity contribution in [3.05, 3.63) is 35.9 Å². The van der Waals surface area contributed by atoms with Gasteiger partial charge in [0.25, 0.3) is 0 Å². The molecule has 0 radical (unpaired) electrons. The second-order valence-corrected chi connectivity index (χ2v) is 12.8. The van der Waals surface area contributed by atoms with Crippen molar-refractivity contribution in [3.8, 4) is 0 Å². The van der Waals surface area contributed by atoms with E-state index < -0.39 is 35.9 Å². The Morgan fingerprint density at radius 1 is 1.12 bits per heavy atom. The lowest BCUT2D eigenvalue weighted by Gasteiger charge is -2.40. The van der Waals surface area contributed by atoms with Crippen LogP contribution in [0.4, 0.5) is 0 Å². The fourth-order valence-electron chi connectivity index (χ4n) is 6.19. The molecule has 2 rings (SSSR count). The van der Waals surface area contributed by atoms with E-state index in [2.05, 4.69) is 5.32 Å². The number of nitrogens with zero attached hydrogens (tertiary/aromatic N) is 2. The van der Waals surface area contributed by atoms with E-state index in [4.69, 9.17) is 9.47 Å². The van der Waals surface area contributed by atoms with Crippen molar-refractivity contribution in [1.82, 2.24) is 15.1 Å². The third kappa shape index (κ3) is 9.99. The van der Waals surface area contributed by atoms with E-state index in [9.17, 15) is 24.6 Å². The van der Waals surface area contributed by atoms with Crippen LogP contribution in [0.25, 0.3) is 0 Å². The van der Waals surface area contributed by atoms with Crippen LogP contribution >= 0.6 is 0 Å². The summed E-state index contributed by atoms with van der Waals surface area (Å²) in [6, 6.07) is 7.99. The van der Waals surface area contributed by atoms with Crippen LogP contribution in [-0.2, 0) is 23.9 Å². The van der Waals surface area contributed by atoms with Crippen molar-refractivity contribution in [1.29, 1.82) is 0 Å². The highest BCUT2D eigenvalue weighted by Crippen LogP contribution is 2.30. The fourth-order valence-corrected chi connectivity index (χ4v) is 6.19. The van der Waals surface area contributed by atoms with Crippen molar-refractivity contribution in [2.75, 3.05) is 27.8 Å². The zero-order valence-electron chi connectivity index (χ0n) is 27.6. The number of ether oxygens (including phenoxy) is 2. The van der Waals surface area contributed by atoms with E-state index in [1.54, 1.807) is 58.8 Å². The highest BCUT2D eigenvalue weighted by atomic mass is 16.5. The predicted octanol–water partition coefficient (Wildman–Crippen LogP) is 3.31. The summed E-state index contributed by atoms with van der Waals surface area (Å²) in [6.07, 6.45) is 0.327. The van der Waals surface area contributed by atoms with Gasteiger partial charge in [0.05, 0.1) is 60.8 Å². The lowest BCUT2D eigenvalue weighted by Crippen LogP contribution is -2.54. The minimum absolute atomic E-state index is 0.0362. The molecule has 10 heteroatoms. The molecule has 43 heavy (non-hydrogen) atoms. The number of nitrogens with one attached hydrogen (secondary N) is 1. The minimum atomic E-state index is -1.15. The third-order valence-corrected chi connectivity index (χ3v) is 8.87. The molecule has 1 saturated heterocycles. The van der Waals surface area contributed by atoms with Gasteiger partial charge < -0.3 is 34.8 Å².